The molecule has 33 heavy (non-hydrogen) atoms. The maximum absolute atomic E-state index is 13.5. The molecule has 1 saturated heterocycles. The van der Waals surface area contributed by atoms with Crippen LogP contribution in [0.3, 0.4) is 0 Å². The Labute approximate surface area is 191 Å². The normalized spacial score (nSPS) is 21.8. The predicted octanol–water partition coefficient (Wildman–Crippen LogP) is 4.04. The van der Waals surface area contributed by atoms with Gasteiger partial charge in [-0.25, -0.2) is 0 Å². The smallest absolute Gasteiger partial charge is 0.310 e. The van der Waals surface area contributed by atoms with Crippen LogP contribution in [0.4, 0.5) is 0 Å². The lowest BCUT2D eigenvalue weighted by Crippen LogP contribution is -2.33. The van der Waals surface area contributed by atoms with Gasteiger partial charge in [0, 0.05) is 11.4 Å². The molecule has 3 unspecified atom stereocenters. The standard InChI is InChI=1S/C26H25NO6/c1-26(2,25(29)30)24-21(27-24)22(28)17-12-11-15-7-3-4-8-16(15)23(17)33-20-13-14-31-18-9-5-6-10-19(18)32-20/h3-12,20-21,24,27H,13-14H2,1-2H3,(H,29,30). The summed E-state index contributed by atoms with van der Waals surface area (Å²) in [6.45, 7) is 3.65. The molecule has 5 rings (SSSR count). The van der Waals surface area contributed by atoms with Gasteiger partial charge in [-0.05, 0) is 37.4 Å². The highest BCUT2D eigenvalue weighted by Crippen LogP contribution is 2.39. The van der Waals surface area contributed by atoms with E-state index in [1.54, 1.807) is 19.9 Å². The minimum absolute atomic E-state index is 0.194. The number of hydrogen-bond donors (Lipinski definition) is 2. The van der Waals surface area contributed by atoms with Crippen molar-refractivity contribution in [3.63, 3.8) is 0 Å². The second-order valence-electron chi connectivity index (χ2n) is 8.93. The van der Waals surface area contributed by atoms with Crippen LogP contribution in [0.25, 0.3) is 10.8 Å². The summed E-state index contributed by atoms with van der Waals surface area (Å²) in [7, 11) is 0. The number of carbonyl (C=O) groups excluding carboxylic acids is 1. The van der Waals surface area contributed by atoms with E-state index in [-0.39, 0.29) is 5.78 Å². The number of fused-ring (bicyclic) bond motifs is 2. The monoisotopic (exact) mass is 447 g/mol. The van der Waals surface area contributed by atoms with Gasteiger partial charge in [-0.1, -0.05) is 42.5 Å². The molecule has 2 aliphatic rings. The van der Waals surface area contributed by atoms with Gasteiger partial charge in [0.05, 0.1) is 30.0 Å². The molecule has 0 spiro atoms. The van der Waals surface area contributed by atoms with Crippen LogP contribution in [-0.4, -0.2) is 41.8 Å². The molecule has 7 heteroatoms. The largest absolute Gasteiger partial charge is 0.489 e. The highest BCUT2D eigenvalue weighted by atomic mass is 16.7. The summed E-state index contributed by atoms with van der Waals surface area (Å²) in [5, 5.41) is 14.3. The number of aliphatic carboxylic acids is 1. The highest BCUT2D eigenvalue weighted by molar-refractivity contribution is 6.09. The SMILES string of the molecule is CC(C)(C(=O)O)C1NC1C(=O)c1ccc2ccccc2c1OC1CCOc2ccccc2O1. The molecule has 3 aromatic carbocycles. The third kappa shape index (κ3) is 3.89. The molecule has 7 nitrogen and oxygen atoms in total. The summed E-state index contributed by atoms with van der Waals surface area (Å²) in [4.78, 5) is 25.1. The first kappa shape index (κ1) is 21.3. The zero-order valence-electron chi connectivity index (χ0n) is 18.4. The average Bonchev–Trinajstić information content (AvgIpc) is 3.63. The summed E-state index contributed by atoms with van der Waals surface area (Å²) < 4.78 is 18.2. The molecule has 0 amide bonds. The number of hydrogen-bond acceptors (Lipinski definition) is 6. The van der Waals surface area contributed by atoms with Crippen LogP contribution in [0, 0.1) is 5.41 Å². The Morgan fingerprint density at radius 2 is 1.76 bits per heavy atom. The first-order valence-electron chi connectivity index (χ1n) is 11.0. The zero-order chi connectivity index (χ0) is 23.2. The number of carbonyl (C=O) groups is 2. The Hall–Kier alpha value is -3.58. The minimum atomic E-state index is -1.07. The molecule has 0 saturated carbocycles. The van der Waals surface area contributed by atoms with Crippen LogP contribution >= 0.6 is 0 Å². The van der Waals surface area contributed by atoms with Gasteiger partial charge >= 0.3 is 5.97 Å². The first-order valence-corrected chi connectivity index (χ1v) is 11.0. The fourth-order valence-electron chi connectivity index (χ4n) is 4.20. The van der Waals surface area contributed by atoms with E-state index >= 15 is 0 Å². The number of para-hydroxylation sites is 2. The fraction of sp³-hybridized carbons (Fsp3) is 0.308. The zero-order valence-corrected chi connectivity index (χ0v) is 18.4. The van der Waals surface area contributed by atoms with E-state index in [9.17, 15) is 14.7 Å². The van der Waals surface area contributed by atoms with E-state index in [1.807, 2.05) is 54.6 Å². The molecule has 2 aliphatic heterocycles. The van der Waals surface area contributed by atoms with Crippen molar-refractivity contribution in [2.24, 2.45) is 5.41 Å². The van der Waals surface area contributed by atoms with E-state index in [1.165, 1.54) is 0 Å². The minimum Gasteiger partial charge on any atom is -0.489 e. The highest BCUT2D eigenvalue weighted by Gasteiger charge is 2.55. The number of ether oxygens (including phenoxy) is 3. The van der Waals surface area contributed by atoms with Crippen molar-refractivity contribution in [1.82, 2.24) is 5.32 Å². The average molecular weight is 447 g/mol. The van der Waals surface area contributed by atoms with Crippen LogP contribution in [-0.2, 0) is 4.79 Å². The van der Waals surface area contributed by atoms with Crippen molar-refractivity contribution in [1.29, 1.82) is 0 Å². The van der Waals surface area contributed by atoms with Gasteiger partial charge in [-0.15, -0.1) is 0 Å². The number of ketones is 1. The molecule has 170 valence electrons. The number of Topliss-reactive ketones (excluding diaryl/α,β-unsaturated/α-hetero) is 1. The molecule has 1 fully saturated rings. The Bertz CT molecular complexity index is 1240. The van der Waals surface area contributed by atoms with Crippen LogP contribution in [0.1, 0.15) is 30.6 Å². The van der Waals surface area contributed by atoms with Gasteiger partial charge in [-0.2, -0.15) is 0 Å². The number of carboxylic acid groups (broad SMARTS) is 1. The summed E-state index contributed by atoms with van der Waals surface area (Å²) in [6, 6.07) is 17.7. The fourth-order valence-corrected chi connectivity index (χ4v) is 4.20. The molecular formula is C26H25NO6. The van der Waals surface area contributed by atoms with Gasteiger partial charge in [-0.3, -0.25) is 14.9 Å². The maximum Gasteiger partial charge on any atom is 0.310 e. The van der Waals surface area contributed by atoms with Gasteiger partial charge in [0.15, 0.2) is 17.3 Å². The van der Waals surface area contributed by atoms with Gasteiger partial charge in [0.2, 0.25) is 6.29 Å². The van der Waals surface area contributed by atoms with Crippen molar-refractivity contribution in [2.45, 2.75) is 38.6 Å². The topological polar surface area (TPSA) is 104 Å². The molecule has 2 heterocycles. The van der Waals surface area contributed by atoms with Crippen molar-refractivity contribution in [2.75, 3.05) is 6.61 Å². The number of rotatable bonds is 6. The predicted molar refractivity (Wildman–Crippen MR) is 122 cm³/mol. The Kier molecular flexibility index (Phi) is 5.21. The van der Waals surface area contributed by atoms with Crippen LogP contribution < -0.4 is 19.5 Å². The Balaban J connectivity index is 1.49. The summed E-state index contributed by atoms with van der Waals surface area (Å²) in [6.07, 6.45) is -0.175. The molecule has 3 atom stereocenters. The van der Waals surface area contributed by atoms with Crippen molar-refractivity contribution >= 4 is 22.5 Å². The summed E-state index contributed by atoms with van der Waals surface area (Å²) >= 11 is 0. The van der Waals surface area contributed by atoms with Gasteiger partial charge in [0.1, 0.15) is 5.75 Å². The van der Waals surface area contributed by atoms with Crippen molar-refractivity contribution in [3.8, 4) is 17.2 Å². The number of nitrogens with one attached hydrogen (secondary N) is 1. The van der Waals surface area contributed by atoms with E-state index < -0.39 is 29.8 Å². The molecule has 0 radical (unpaired) electrons. The third-order valence-electron chi connectivity index (χ3n) is 6.31. The van der Waals surface area contributed by atoms with Crippen LogP contribution in [0.2, 0.25) is 0 Å². The van der Waals surface area contributed by atoms with Gasteiger partial charge in [0.25, 0.3) is 0 Å². The molecular weight excluding hydrogens is 422 g/mol. The second kappa shape index (κ2) is 8.08. The van der Waals surface area contributed by atoms with E-state index in [0.717, 1.165) is 10.8 Å². The molecule has 3 aromatic rings. The molecule has 0 aliphatic carbocycles. The Morgan fingerprint density at radius 3 is 2.55 bits per heavy atom. The lowest BCUT2D eigenvalue weighted by Gasteiger charge is -2.21. The maximum atomic E-state index is 13.5. The van der Waals surface area contributed by atoms with Crippen LogP contribution in [0.15, 0.2) is 60.7 Å². The Morgan fingerprint density at radius 1 is 1.03 bits per heavy atom. The van der Waals surface area contributed by atoms with Crippen molar-refractivity contribution < 1.29 is 28.9 Å². The quantitative estimate of drug-likeness (QED) is 0.434. The van der Waals surface area contributed by atoms with E-state index in [2.05, 4.69) is 5.32 Å². The lowest BCUT2D eigenvalue weighted by molar-refractivity contribution is -0.146. The molecule has 2 N–H and O–H groups in total. The van der Waals surface area contributed by atoms with Crippen molar-refractivity contribution in [3.05, 3.63) is 66.2 Å². The molecule has 0 bridgehead atoms. The summed E-state index contributed by atoms with van der Waals surface area (Å²) in [5.41, 5.74) is -0.666. The first-order chi connectivity index (χ1) is 15.9. The number of benzene rings is 3. The van der Waals surface area contributed by atoms with E-state index in [4.69, 9.17) is 14.2 Å². The second-order valence-corrected chi connectivity index (χ2v) is 8.93. The molecule has 0 aromatic heterocycles. The third-order valence-corrected chi connectivity index (χ3v) is 6.31. The van der Waals surface area contributed by atoms with Crippen LogP contribution in [0.5, 0.6) is 17.2 Å². The lowest BCUT2D eigenvalue weighted by atomic mass is 9.85. The summed E-state index contributed by atoms with van der Waals surface area (Å²) in [5.74, 6) is 0.526. The van der Waals surface area contributed by atoms with Gasteiger partial charge < -0.3 is 19.3 Å². The number of carboxylic acids is 1. The van der Waals surface area contributed by atoms with E-state index in [0.29, 0.717) is 35.8 Å².